The third-order valence-corrected chi connectivity index (χ3v) is 5.17. The van der Waals surface area contributed by atoms with E-state index in [1.54, 1.807) is 0 Å². The van der Waals surface area contributed by atoms with Gasteiger partial charge in [0.15, 0.2) is 0 Å². The number of aliphatic hydroxyl groups is 1. The molecule has 3 rings (SSSR count). The van der Waals surface area contributed by atoms with Gasteiger partial charge in [0.2, 0.25) is 0 Å². The van der Waals surface area contributed by atoms with Gasteiger partial charge in [-0.2, -0.15) is 13.2 Å². The number of nitrogens with one attached hydrogen (secondary N) is 1. The highest BCUT2D eigenvalue weighted by molar-refractivity contribution is 7.17. The summed E-state index contributed by atoms with van der Waals surface area (Å²) in [5.74, 6) is -4.39. The third kappa shape index (κ3) is 3.20. The van der Waals surface area contributed by atoms with Gasteiger partial charge >= 0.3 is 6.18 Å². The molecular weight excluding hydrogens is 381 g/mol. The summed E-state index contributed by atoms with van der Waals surface area (Å²) in [6.07, 6.45) is -6.90. The number of aromatic nitrogens is 1. The number of halogens is 5. The molecule has 11 heteroatoms. The van der Waals surface area contributed by atoms with Crippen LogP contribution in [0.15, 0.2) is 11.4 Å². The van der Waals surface area contributed by atoms with Crippen molar-refractivity contribution in [2.24, 2.45) is 0 Å². The molecule has 0 spiro atoms. The maximum Gasteiger partial charge on any atom is 0.417 e. The Bertz CT molecular complexity index is 852. The summed E-state index contributed by atoms with van der Waals surface area (Å²) in [5.41, 5.74) is -1.27. The van der Waals surface area contributed by atoms with Gasteiger partial charge in [-0.05, 0) is 12.5 Å². The van der Waals surface area contributed by atoms with E-state index in [1.807, 2.05) is 0 Å². The Balaban J connectivity index is 2.15. The average molecular weight is 395 g/mol. The highest BCUT2D eigenvalue weighted by Crippen LogP contribution is 2.41. The number of pyridine rings is 1. The number of piperidine rings is 1. The molecule has 1 unspecified atom stereocenters. The number of anilines is 1. The normalized spacial score (nSPS) is 20.4. The lowest BCUT2D eigenvalue weighted by atomic mass is 10.0. The summed E-state index contributed by atoms with van der Waals surface area (Å²) >= 11 is 0.717. The SMILES string of the molecule is CNC(=O)c1csc2c(C(F)(F)F)cc(N3CCC(O)C(F)(F)C3)nc12. The number of alkyl halides is 5. The van der Waals surface area contributed by atoms with E-state index < -0.39 is 36.2 Å². The standard InChI is InChI=1S/C15H14F5N3O2S/c1-21-13(25)7-5-26-12-8(15(18,19)20)4-10(22-11(7)12)23-3-2-9(24)14(16,17)6-23/h4-5,9,24H,2-3,6H2,1H3,(H,21,25). The van der Waals surface area contributed by atoms with E-state index in [0.29, 0.717) is 17.4 Å². The first-order valence-electron chi connectivity index (χ1n) is 7.57. The van der Waals surface area contributed by atoms with E-state index in [4.69, 9.17) is 0 Å². The van der Waals surface area contributed by atoms with Crippen molar-refractivity contribution in [1.29, 1.82) is 0 Å². The van der Waals surface area contributed by atoms with Crippen LogP contribution in [-0.2, 0) is 6.18 Å². The van der Waals surface area contributed by atoms with Crippen LogP contribution in [-0.4, -0.2) is 48.2 Å². The van der Waals surface area contributed by atoms with E-state index in [9.17, 15) is 31.9 Å². The van der Waals surface area contributed by atoms with Crippen LogP contribution < -0.4 is 10.2 Å². The number of hydrogen-bond donors (Lipinski definition) is 2. The Kier molecular flexibility index (Phi) is 4.55. The Hall–Kier alpha value is -2.01. The zero-order valence-electron chi connectivity index (χ0n) is 13.4. The fraction of sp³-hybridized carbons (Fsp3) is 0.467. The van der Waals surface area contributed by atoms with Crippen molar-refractivity contribution < 1.29 is 31.9 Å². The molecule has 5 nitrogen and oxygen atoms in total. The predicted molar refractivity (Wildman–Crippen MR) is 85.8 cm³/mol. The van der Waals surface area contributed by atoms with Crippen LogP contribution >= 0.6 is 11.3 Å². The smallest absolute Gasteiger partial charge is 0.387 e. The molecule has 0 radical (unpaired) electrons. The lowest BCUT2D eigenvalue weighted by molar-refractivity contribution is -0.136. The largest absolute Gasteiger partial charge is 0.417 e. The topological polar surface area (TPSA) is 65.5 Å². The molecule has 0 saturated carbocycles. The summed E-state index contributed by atoms with van der Waals surface area (Å²) in [6.45, 7) is -1.03. The minimum atomic E-state index is -4.74. The zero-order chi connectivity index (χ0) is 19.3. The number of thiophene rings is 1. The van der Waals surface area contributed by atoms with E-state index >= 15 is 0 Å². The van der Waals surface area contributed by atoms with Gasteiger partial charge in [0.25, 0.3) is 11.8 Å². The molecule has 1 saturated heterocycles. The van der Waals surface area contributed by atoms with E-state index in [0.717, 1.165) is 4.90 Å². The number of carbonyl (C=O) groups is 1. The predicted octanol–water partition coefficient (Wildman–Crippen LogP) is 2.88. The van der Waals surface area contributed by atoms with Gasteiger partial charge < -0.3 is 15.3 Å². The average Bonchev–Trinajstić information content (AvgIpc) is 2.98. The minimum Gasteiger partial charge on any atom is -0.387 e. The minimum absolute atomic E-state index is 0.0522. The molecule has 1 amide bonds. The molecule has 2 aromatic rings. The maximum absolute atomic E-state index is 13.8. The maximum atomic E-state index is 13.8. The molecule has 1 atom stereocenters. The lowest BCUT2D eigenvalue weighted by Crippen LogP contribution is -2.51. The first kappa shape index (κ1) is 18.8. The molecule has 0 aliphatic carbocycles. The molecule has 1 aliphatic rings. The van der Waals surface area contributed by atoms with Crippen LogP contribution in [0.3, 0.4) is 0 Å². The monoisotopic (exact) mass is 395 g/mol. The van der Waals surface area contributed by atoms with Crippen molar-refractivity contribution >= 4 is 33.3 Å². The molecule has 1 aliphatic heterocycles. The Morgan fingerprint density at radius 3 is 2.73 bits per heavy atom. The Morgan fingerprint density at radius 2 is 2.15 bits per heavy atom. The van der Waals surface area contributed by atoms with Crippen LogP contribution in [0.4, 0.5) is 27.8 Å². The van der Waals surface area contributed by atoms with Gasteiger partial charge in [-0.15, -0.1) is 11.3 Å². The van der Waals surface area contributed by atoms with Crippen molar-refractivity contribution in [2.75, 3.05) is 25.0 Å². The van der Waals surface area contributed by atoms with E-state index in [1.165, 1.54) is 12.4 Å². The number of fused-ring (bicyclic) bond motifs is 1. The van der Waals surface area contributed by atoms with Gasteiger partial charge in [-0.1, -0.05) is 0 Å². The fourth-order valence-corrected chi connectivity index (χ4v) is 3.81. The van der Waals surface area contributed by atoms with Crippen molar-refractivity contribution in [3.05, 3.63) is 22.6 Å². The first-order valence-corrected chi connectivity index (χ1v) is 8.45. The molecule has 26 heavy (non-hydrogen) atoms. The summed E-state index contributed by atoms with van der Waals surface area (Å²) in [7, 11) is 1.33. The van der Waals surface area contributed by atoms with E-state index in [-0.39, 0.29) is 34.6 Å². The molecule has 2 N–H and O–H groups in total. The molecule has 0 aromatic carbocycles. The second-order valence-corrected chi connectivity index (χ2v) is 6.80. The second kappa shape index (κ2) is 6.31. The Labute approximate surface area is 148 Å². The van der Waals surface area contributed by atoms with Crippen LogP contribution in [0.5, 0.6) is 0 Å². The number of rotatable bonds is 2. The van der Waals surface area contributed by atoms with Gasteiger partial charge in [-0.3, -0.25) is 4.79 Å². The number of hydrogen-bond acceptors (Lipinski definition) is 5. The van der Waals surface area contributed by atoms with Crippen LogP contribution in [0.25, 0.3) is 10.2 Å². The highest BCUT2D eigenvalue weighted by Gasteiger charge is 2.44. The van der Waals surface area contributed by atoms with Crippen LogP contribution in [0.2, 0.25) is 0 Å². The second-order valence-electron chi connectivity index (χ2n) is 5.92. The number of amides is 1. The zero-order valence-corrected chi connectivity index (χ0v) is 14.2. The van der Waals surface area contributed by atoms with Gasteiger partial charge in [0.05, 0.1) is 27.9 Å². The van der Waals surface area contributed by atoms with Gasteiger partial charge in [0, 0.05) is 19.0 Å². The summed E-state index contributed by atoms with van der Waals surface area (Å²) in [4.78, 5) is 16.9. The van der Waals surface area contributed by atoms with Gasteiger partial charge in [-0.25, -0.2) is 13.8 Å². The summed E-state index contributed by atoms with van der Waals surface area (Å²) in [6, 6.07) is 0.709. The summed E-state index contributed by atoms with van der Waals surface area (Å²) in [5, 5.41) is 12.9. The fourth-order valence-electron chi connectivity index (χ4n) is 2.79. The van der Waals surface area contributed by atoms with Crippen molar-refractivity contribution in [1.82, 2.24) is 10.3 Å². The third-order valence-electron chi connectivity index (χ3n) is 4.17. The number of aliphatic hydroxyl groups excluding tert-OH is 1. The highest BCUT2D eigenvalue weighted by atomic mass is 32.1. The van der Waals surface area contributed by atoms with Crippen molar-refractivity contribution in [3.63, 3.8) is 0 Å². The summed E-state index contributed by atoms with van der Waals surface area (Å²) < 4.78 is 67.7. The van der Waals surface area contributed by atoms with Crippen molar-refractivity contribution in [2.45, 2.75) is 24.6 Å². The van der Waals surface area contributed by atoms with E-state index in [2.05, 4.69) is 10.3 Å². The molecule has 0 bridgehead atoms. The molecular formula is C15H14F5N3O2S. The number of nitrogens with zero attached hydrogens (tertiary/aromatic N) is 2. The lowest BCUT2D eigenvalue weighted by Gasteiger charge is -2.36. The molecule has 1 fully saturated rings. The quantitative estimate of drug-likeness (QED) is 0.768. The van der Waals surface area contributed by atoms with Crippen LogP contribution in [0.1, 0.15) is 22.3 Å². The molecule has 2 aromatic heterocycles. The van der Waals surface area contributed by atoms with Gasteiger partial charge in [0.1, 0.15) is 11.9 Å². The molecule has 3 heterocycles. The molecule has 142 valence electrons. The Morgan fingerprint density at radius 1 is 1.46 bits per heavy atom. The first-order chi connectivity index (χ1) is 12.0. The van der Waals surface area contributed by atoms with Crippen LogP contribution in [0, 0.1) is 0 Å². The van der Waals surface area contributed by atoms with Crippen molar-refractivity contribution in [3.8, 4) is 0 Å². The number of carbonyl (C=O) groups excluding carboxylic acids is 1.